The highest BCUT2D eigenvalue weighted by Gasteiger charge is 2.23. The fourth-order valence-electron chi connectivity index (χ4n) is 2.89. The van der Waals surface area contributed by atoms with Crippen LogP contribution in [-0.2, 0) is 14.9 Å². The molecule has 2 rings (SSSR count). The van der Waals surface area contributed by atoms with Gasteiger partial charge in [-0.15, -0.1) is 11.6 Å². The summed E-state index contributed by atoms with van der Waals surface area (Å²) in [6.07, 6.45) is -1.38. The molecule has 30 heavy (non-hydrogen) atoms. The molecule has 0 amide bonds. The molecule has 0 spiro atoms. The number of carbonyl (C=O) groups is 1. The lowest BCUT2D eigenvalue weighted by atomic mass is 9.78. The van der Waals surface area contributed by atoms with Crippen LogP contribution in [0.3, 0.4) is 0 Å². The molecule has 0 fully saturated rings. The Balaban J connectivity index is 2.01. The number of benzene rings is 2. The first-order valence-corrected chi connectivity index (χ1v) is 10.3. The lowest BCUT2D eigenvalue weighted by Crippen LogP contribution is -2.27. The largest absolute Gasteiger partial charge is 0.491 e. The van der Waals surface area contributed by atoms with Gasteiger partial charge in [-0.3, -0.25) is 4.79 Å². The van der Waals surface area contributed by atoms with Crippen molar-refractivity contribution in [3.63, 3.8) is 0 Å². The standard InChI is InChI=1S/C23H29ClO6/c1-16(26)30-22(13-25)15-29-21-10-6-18(7-11-21)23(2,3)17-4-8-20(9-5-17)28-14-19(27)12-24/h4-11,19,22,25,27H,12-15H2,1-3H3/t19-,22+/m0/s1. The van der Waals surface area contributed by atoms with Gasteiger partial charge in [0, 0.05) is 12.3 Å². The second-order valence-electron chi connectivity index (χ2n) is 7.52. The summed E-state index contributed by atoms with van der Waals surface area (Å²) in [5.41, 5.74) is 1.95. The van der Waals surface area contributed by atoms with Crippen LogP contribution >= 0.6 is 11.6 Å². The van der Waals surface area contributed by atoms with E-state index in [1.165, 1.54) is 6.92 Å². The number of halogens is 1. The van der Waals surface area contributed by atoms with Gasteiger partial charge < -0.3 is 24.4 Å². The van der Waals surface area contributed by atoms with Gasteiger partial charge in [-0.25, -0.2) is 0 Å². The molecule has 2 aromatic rings. The highest BCUT2D eigenvalue weighted by molar-refractivity contribution is 6.18. The van der Waals surface area contributed by atoms with E-state index in [0.29, 0.717) is 11.5 Å². The lowest BCUT2D eigenvalue weighted by Gasteiger charge is -2.26. The number of alkyl halides is 1. The second-order valence-corrected chi connectivity index (χ2v) is 7.83. The fraction of sp³-hybridized carbons (Fsp3) is 0.435. The Morgan fingerprint density at radius 2 is 1.43 bits per heavy atom. The molecule has 2 N–H and O–H groups in total. The molecule has 0 aromatic heterocycles. The van der Waals surface area contributed by atoms with Gasteiger partial charge >= 0.3 is 5.97 Å². The summed E-state index contributed by atoms with van der Waals surface area (Å²) in [6, 6.07) is 15.4. The first-order valence-electron chi connectivity index (χ1n) is 9.75. The maximum absolute atomic E-state index is 11.0. The molecule has 2 atom stereocenters. The summed E-state index contributed by atoms with van der Waals surface area (Å²) in [5.74, 6) is 0.978. The van der Waals surface area contributed by atoms with Crippen LogP contribution in [0.25, 0.3) is 0 Å². The van der Waals surface area contributed by atoms with Crippen LogP contribution in [0.15, 0.2) is 48.5 Å². The van der Waals surface area contributed by atoms with Crippen LogP contribution < -0.4 is 9.47 Å². The number of aliphatic hydroxyl groups is 2. The fourth-order valence-corrected chi connectivity index (χ4v) is 2.98. The maximum atomic E-state index is 11.0. The minimum Gasteiger partial charge on any atom is -0.491 e. The number of aliphatic hydroxyl groups excluding tert-OH is 2. The third-order valence-corrected chi connectivity index (χ3v) is 5.10. The Morgan fingerprint density at radius 3 is 1.83 bits per heavy atom. The summed E-state index contributed by atoms with van der Waals surface area (Å²) in [5, 5.41) is 18.7. The first-order chi connectivity index (χ1) is 14.3. The molecule has 2 aromatic carbocycles. The van der Waals surface area contributed by atoms with E-state index in [1.807, 2.05) is 48.5 Å². The summed E-state index contributed by atoms with van der Waals surface area (Å²) >= 11 is 5.57. The van der Waals surface area contributed by atoms with Crippen molar-refractivity contribution >= 4 is 17.6 Å². The van der Waals surface area contributed by atoms with Gasteiger partial charge in [-0.05, 0) is 35.4 Å². The molecule has 164 valence electrons. The zero-order valence-corrected chi connectivity index (χ0v) is 18.3. The number of carbonyl (C=O) groups excluding carboxylic acids is 1. The smallest absolute Gasteiger partial charge is 0.303 e. The average molecular weight is 437 g/mol. The minimum absolute atomic E-state index is 0.0820. The SMILES string of the molecule is CC(=O)O[C@H](CO)COc1ccc(C(C)(C)c2ccc(OC[C@@H](O)CCl)cc2)cc1. The van der Waals surface area contributed by atoms with E-state index in [1.54, 1.807) is 0 Å². The highest BCUT2D eigenvalue weighted by atomic mass is 35.5. The van der Waals surface area contributed by atoms with E-state index in [-0.39, 0.29) is 31.1 Å². The van der Waals surface area contributed by atoms with Crippen LogP contribution in [0, 0.1) is 0 Å². The van der Waals surface area contributed by atoms with Crippen LogP contribution in [-0.4, -0.2) is 54.1 Å². The Bertz CT molecular complexity index is 788. The van der Waals surface area contributed by atoms with Crippen molar-refractivity contribution in [2.24, 2.45) is 0 Å². The van der Waals surface area contributed by atoms with Gasteiger partial charge in [0.1, 0.15) is 30.8 Å². The third kappa shape index (κ3) is 6.90. The average Bonchev–Trinajstić information content (AvgIpc) is 2.75. The van der Waals surface area contributed by atoms with Crippen molar-refractivity contribution in [1.82, 2.24) is 0 Å². The van der Waals surface area contributed by atoms with Crippen molar-refractivity contribution < 1.29 is 29.2 Å². The Kier molecular flexibility index (Phi) is 8.96. The lowest BCUT2D eigenvalue weighted by molar-refractivity contribution is -0.150. The predicted molar refractivity (Wildman–Crippen MR) is 115 cm³/mol. The summed E-state index contributed by atoms with van der Waals surface area (Å²) in [4.78, 5) is 11.0. The Morgan fingerprint density at radius 1 is 0.967 bits per heavy atom. The molecule has 0 heterocycles. The summed E-state index contributed by atoms with van der Waals surface area (Å²) in [7, 11) is 0. The van der Waals surface area contributed by atoms with E-state index >= 15 is 0 Å². The third-order valence-electron chi connectivity index (χ3n) is 4.74. The zero-order chi connectivity index (χ0) is 22.1. The normalized spacial score (nSPS) is 13.4. The number of ether oxygens (including phenoxy) is 3. The summed E-state index contributed by atoms with van der Waals surface area (Å²) in [6.45, 7) is 5.48. The van der Waals surface area contributed by atoms with Gasteiger partial charge in [0.05, 0.1) is 12.5 Å². The van der Waals surface area contributed by atoms with Crippen molar-refractivity contribution in [3.8, 4) is 11.5 Å². The monoisotopic (exact) mass is 436 g/mol. The van der Waals surface area contributed by atoms with Crippen molar-refractivity contribution in [3.05, 3.63) is 59.7 Å². The molecular weight excluding hydrogens is 408 g/mol. The van der Waals surface area contributed by atoms with E-state index in [2.05, 4.69) is 13.8 Å². The molecule has 0 unspecified atom stereocenters. The summed E-state index contributed by atoms with van der Waals surface area (Å²) < 4.78 is 16.1. The van der Waals surface area contributed by atoms with Gasteiger partial charge in [-0.2, -0.15) is 0 Å². The van der Waals surface area contributed by atoms with Crippen molar-refractivity contribution in [1.29, 1.82) is 0 Å². The molecular formula is C23H29ClO6. The van der Waals surface area contributed by atoms with Crippen molar-refractivity contribution in [2.45, 2.75) is 38.4 Å². The Hall–Kier alpha value is -2.28. The Labute approximate surface area is 182 Å². The highest BCUT2D eigenvalue weighted by Crippen LogP contribution is 2.33. The van der Waals surface area contributed by atoms with E-state index in [0.717, 1.165) is 11.1 Å². The van der Waals surface area contributed by atoms with Crippen LogP contribution in [0.4, 0.5) is 0 Å². The van der Waals surface area contributed by atoms with Gasteiger partial charge in [0.25, 0.3) is 0 Å². The molecule has 6 nitrogen and oxygen atoms in total. The van der Waals surface area contributed by atoms with Crippen LogP contribution in [0.1, 0.15) is 31.9 Å². The number of esters is 1. The van der Waals surface area contributed by atoms with Gasteiger partial charge in [-0.1, -0.05) is 38.1 Å². The second kappa shape index (κ2) is 11.2. The molecule has 0 aliphatic carbocycles. The quantitative estimate of drug-likeness (QED) is 0.415. The van der Waals surface area contributed by atoms with E-state index in [9.17, 15) is 15.0 Å². The van der Waals surface area contributed by atoms with E-state index in [4.69, 9.17) is 25.8 Å². The van der Waals surface area contributed by atoms with Gasteiger partial charge in [0.15, 0.2) is 6.10 Å². The molecule has 0 aliphatic rings. The number of rotatable bonds is 11. The number of hydrogen-bond acceptors (Lipinski definition) is 6. The topological polar surface area (TPSA) is 85.2 Å². The predicted octanol–water partition coefficient (Wildman–Crippen LogP) is 3.29. The molecule has 0 saturated heterocycles. The number of hydrogen-bond donors (Lipinski definition) is 2. The molecule has 0 bridgehead atoms. The molecule has 7 heteroatoms. The molecule has 0 aliphatic heterocycles. The minimum atomic E-state index is -0.690. The van der Waals surface area contributed by atoms with E-state index < -0.39 is 18.2 Å². The van der Waals surface area contributed by atoms with Crippen LogP contribution in [0.5, 0.6) is 11.5 Å². The van der Waals surface area contributed by atoms with Crippen molar-refractivity contribution in [2.75, 3.05) is 25.7 Å². The van der Waals surface area contributed by atoms with Crippen LogP contribution in [0.2, 0.25) is 0 Å². The molecule has 0 saturated carbocycles. The maximum Gasteiger partial charge on any atom is 0.303 e. The molecule has 0 radical (unpaired) electrons. The zero-order valence-electron chi connectivity index (χ0n) is 17.5. The first kappa shape index (κ1) is 24.0. The van der Waals surface area contributed by atoms with Gasteiger partial charge in [0.2, 0.25) is 0 Å².